The van der Waals surface area contributed by atoms with Gasteiger partial charge in [0.1, 0.15) is 5.75 Å². The maximum atomic E-state index is 12.8. The van der Waals surface area contributed by atoms with Crippen LogP contribution in [0.5, 0.6) is 5.75 Å². The summed E-state index contributed by atoms with van der Waals surface area (Å²) in [6.45, 7) is 3.91. The first-order chi connectivity index (χ1) is 12.7. The lowest BCUT2D eigenvalue weighted by molar-refractivity contribution is 0.0747. The molecule has 27 heavy (non-hydrogen) atoms. The maximum absolute atomic E-state index is 12.8. The summed E-state index contributed by atoms with van der Waals surface area (Å²) in [7, 11) is -0.787. The number of aryl methyl sites for hydroxylation is 1. The van der Waals surface area contributed by atoms with E-state index in [-0.39, 0.29) is 16.8 Å². The molecule has 0 aromatic heterocycles. The Morgan fingerprint density at radius 3 is 2.56 bits per heavy atom. The first-order valence-electron chi connectivity index (χ1n) is 8.45. The Balaban J connectivity index is 2.40. The molecule has 0 heterocycles. The van der Waals surface area contributed by atoms with E-state index in [9.17, 15) is 13.2 Å². The van der Waals surface area contributed by atoms with Crippen molar-refractivity contribution >= 4 is 21.6 Å². The number of methoxy groups -OCH3 is 1. The van der Waals surface area contributed by atoms with Gasteiger partial charge in [-0.3, -0.25) is 9.52 Å². The lowest BCUT2D eigenvalue weighted by atomic mass is 10.1. The normalized spacial score (nSPS) is 12.3. The standard InChI is InChI=1S/C19H25N3O4S/c1-13-9-10-15(11-16(13)19(23)22(3)14(2)12-20)27(24,25)21-17-7-5-6-8-18(17)26-4/h5-11,14,21H,12,20H2,1-4H3. The van der Waals surface area contributed by atoms with Gasteiger partial charge < -0.3 is 15.4 Å². The van der Waals surface area contributed by atoms with Crippen LogP contribution in [0.1, 0.15) is 22.8 Å². The molecule has 1 atom stereocenters. The predicted molar refractivity (Wildman–Crippen MR) is 106 cm³/mol. The minimum atomic E-state index is -3.90. The molecule has 2 aromatic rings. The van der Waals surface area contributed by atoms with Gasteiger partial charge in [-0.25, -0.2) is 8.42 Å². The van der Waals surface area contributed by atoms with Crippen molar-refractivity contribution in [2.24, 2.45) is 5.73 Å². The second kappa shape index (κ2) is 8.41. The van der Waals surface area contributed by atoms with E-state index in [1.54, 1.807) is 44.3 Å². The zero-order valence-electron chi connectivity index (χ0n) is 15.9. The minimum Gasteiger partial charge on any atom is -0.495 e. The fourth-order valence-corrected chi connectivity index (χ4v) is 3.58. The number of ether oxygens (including phenoxy) is 1. The van der Waals surface area contributed by atoms with Crippen LogP contribution in [0.2, 0.25) is 0 Å². The number of benzene rings is 2. The first-order valence-corrected chi connectivity index (χ1v) is 9.93. The van der Waals surface area contributed by atoms with Crippen LogP contribution in [-0.2, 0) is 10.0 Å². The van der Waals surface area contributed by atoms with Crippen molar-refractivity contribution in [2.75, 3.05) is 25.4 Å². The average molecular weight is 391 g/mol. The zero-order valence-corrected chi connectivity index (χ0v) is 16.7. The topological polar surface area (TPSA) is 102 Å². The zero-order chi connectivity index (χ0) is 20.2. The molecule has 0 saturated heterocycles. The van der Waals surface area contributed by atoms with Gasteiger partial charge in [-0.15, -0.1) is 0 Å². The number of likely N-dealkylation sites (N-methyl/N-ethyl adjacent to an activating group) is 1. The van der Waals surface area contributed by atoms with Crippen LogP contribution in [-0.4, -0.2) is 46.0 Å². The monoisotopic (exact) mass is 391 g/mol. The summed E-state index contributed by atoms with van der Waals surface area (Å²) in [6.07, 6.45) is 0. The second-order valence-electron chi connectivity index (χ2n) is 6.28. The van der Waals surface area contributed by atoms with Crippen molar-refractivity contribution in [3.63, 3.8) is 0 Å². The number of carbonyl (C=O) groups is 1. The first kappa shape index (κ1) is 20.7. The van der Waals surface area contributed by atoms with E-state index >= 15 is 0 Å². The van der Waals surface area contributed by atoms with E-state index in [0.717, 1.165) is 0 Å². The number of nitrogens with zero attached hydrogens (tertiary/aromatic N) is 1. The predicted octanol–water partition coefficient (Wildman–Crippen LogP) is 2.22. The third-order valence-electron chi connectivity index (χ3n) is 4.42. The van der Waals surface area contributed by atoms with Crippen molar-refractivity contribution in [1.29, 1.82) is 0 Å². The molecule has 2 aromatic carbocycles. The van der Waals surface area contributed by atoms with E-state index in [1.165, 1.54) is 24.1 Å². The van der Waals surface area contributed by atoms with Gasteiger partial charge in [0.2, 0.25) is 0 Å². The third-order valence-corrected chi connectivity index (χ3v) is 5.79. The second-order valence-corrected chi connectivity index (χ2v) is 7.97. The fourth-order valence-electron chi connectivity index (χ4n) is 2.48. The Bertz CT molecular complexity index is 928. The van der Waals surface area contributed by atoms with Gasteiger partial charge in [0.15, 0.2) is 0 Å². The highest BCUT2D eigenvalue weighted by Gasteiger charge is 2.22. The summed E-state index contributed by atoms with van der Waals surface area (Å²) in [5.41, 5.74) is 6.96. The van der Waals surface area contributed by atoms with E-state index in [1.807, 2.05) is 6.92 Å². The molecule has 0 saturated carbocycles. The van der Waals surface area contributed by atoms with Crippen LogP contribution in [0.25, 0.3) is 0 Å². The highest BCUT2D eigenvalue weighted by Crippen LogP contribution is 2.27. The van der Waals surface area contributed by atoms with Gasteiger partial charge in [-0.2, -0.15) is 0 Å². The van der Waals surface area contributed by atoms with Crippen molar-refractivity contribution in [3.8, 4) is 5.75 Å². The molecule has 0 spiro atoms. The number of carbonyl (C=O) groups excluding carboxylic acids is 1. The third kappa shape index (κ3) is 4.58. The summed E-state index contributed by atoms with van der Waals surface area (Å²) in [6, 6.07) is 11.0. The van der Waals surface area contributed by atoms with Crippen molar-refractivity contribution in [3.05, 3.63) is 53.6 Å². The minimum absolute atomic E-state index is 0.00356. The van der Waals surface area contributed by atoms with Crippen LogP contribution in [0.3, 0.4) is 0 Å². The summed E-state index contributed by atoms with van der Waals surface area (Å²) in [4.78, 5) is 14.2. The van der Waals surface area contributed by atoms with Crippen LogP contribution in [0, 0.1) is 6.92 Å². The molecule has 0 aliphatic carbocycles. The molecule has 1 unspecified atom stereocenters. The van der Waals surface area contributed by atoms with E-state index < -0.39 is 10.0 Å². The van der Waals surface area contributed by atoms with Gasteiger partial charge in [0.05, 0.1) is 17.7 Å². The molecule has 1 amide bonds. The Morgan fingerprint density at radius 1 is 1.26 bits per heavy atom. The van der Waals surface area contributed by atoms with Gasteiger partial charge in [0.25, 0.3) is 15.9 Å². The quantitative estimate of drug-likeness (QED) is 0.754. The van der Waals surface area contributed by atoms with Crippen LogP contribution < -0.4 is 15.2 Å². The molecular weight excluding hydrogens is 366 g/mol. The van der Waals surface area contributed by atoms with Gasteiger partial charge in [-0.05, 0) is 43.7 Å². The van der Waals surface area contributed by atoms with Crippen LogP contribution >= 0.6 is 0 Å². The Morgan fingerprint density at radius 2 is 1.93 bits per heavy atom. The maximum Gasteiger partial charge on any atom is 0.262 e. The van der Waals surface area contributed by atoms with Gasteiger partial charge in [-0.1, -0.05) is 18.2 Å². The number of rotatable bonds is 7. The highest BCUT2D eigenvalue weighted by atomic mass is 32.2. The number of nitrogens with two attached hydrogens (primary N) is 1. The molecule has 3 N–H and O–H groups in total. The Kier molecular flexibility index (Phi) is 6.45. The van der Waals surface area contributed by atoms with Gasteiger partial charge in [0, 0.05) is 25.2 Å². The number of nitrogens with one attached hydrogen (secondary N) is 1. The Hall–Kier alpha value is -2.58. The smallest absolute Gasteiger partial charge is 0.262 e. The summed E-state index contributed by atoms with van der Waals surface area (Å²) >= 11 is 0. The number of amides is 1. The molecule has 0 radical (unpaired) electrons. The summed E-state index contributed by atoms with van der Waals surface area (Å²) < 4.78 is 33.3. The number of para-hydroxylation sites is 2. The van der Waals surface area contributed by atoms with Crippen molar-refractivity contribution in [1.82, 2.24) is 4.90 Å². The van der Waals surface area contributed by atoms with Crippen LogP contribution in [0.15, 0.2) is 47.4 Å². The molecule has 2 rings (SSSR count). The van der Waals surface area contributed by atoms with Crippen molar-refractivity contribution < 1.29 is 17.9 Å². The molecule has 0 fully saturated rings. The van der Waals surface area contributed by atoms with E-state index in [4.69, 9.17) is 10.5 Å². The number of hydrogen-bond donors (Lipinski definition) is 2. The molecule has 7 nitrogen and oxygen atoms in total. The lowest BCUT2D eigenvalue weighted by Gasteiger charge is -2.24. The molecular formula is C19H25N3O4S. The largest absolute Gasteiger partial charge is 0.495 e. The molecule has 0 bridgehead atoms. The average Bonchev–Trinajstić information content (AvgIpc) is 2.66. The SMILES string of the molecule is COc1ccccc1NS(=O)(=O)c1ccc(C)c(C(=O)N(C)C(C)CN)c1. The molecule has 0 aliphatic rings. The number of anilines is 1. The van der Waals surface area contributed by atoms with E-state index in [2.05, 4.69) is 4.72 Å². The summed E-state index contributed by atoms with van der Waals surface area (Å²) in [5, 5.41) is 0. The fraction of sp³-hybridized carbons (Fsp3) is 0.316. The number of sulfonamides is 1. The van der Waals surface area contributed by atoms with Gasteiger partial charge >= 0.3 is 0 Å². The number of hydrogen-bond acceptors (Lipinski definition) is 5. The summed E-state index contributed by atoms with van der Waals surface area (Å²) in [5.74, 6) is 0.126. The van der Waals surface area contributed by atoms with Crippen LogP contribution in [0.4, 0.5) is 5.69 Å². The van der Waals surface area contributed by atoms with E-state index in [0.29, 0.717) is 29.1 Å². The molecule has 146 valence electrons. The highest BCUT2D eigenvalue weighted by molar-refractivity contribution is 7.92. The van der Waals surface area contributed by atoms with Crippen molar-refractivity contribution in [2.45, 2.75) is 24.8 Å². The molecule has 0 aliphatic heterocycles. The Labute approximate surface area is 160 Å². The molecule has 8 heteroatoms. The lowest BCUT2D eigenvalue weighted by Crippen LogP contribution is -2.40.